The fourth-order valence-corrected chi connectivity index (χ4v) is 2.93. The van der Waals surface area contributed by atoms with Gasteiger partial charge in [-0.05, 0) is 43.2 Å². The molecule has 138 valence electrons. The molecule has 0 fully saturated rings. The number of carbonyl (C=O) groups excluding carboxylic acids is 2. The van der Waals surface area contributed by atoms with Gasteiger partial charge in [-0.2, -0.15) is 0 Å². The van der Waals surface area contributed by atoms with Gasteiger partial charge in [-0.3, -0.25) is 9.59 Å². The minimum atomic E-state index is -0.597. The van der Waals surface area contributed by atoms with E-state index in [-0.39, 0.29) is 18.2 Å². The van der Waals surface area contributed by atoms with Crippen LogP contribution in [0, 0.1) is 0 Å². The normalized spacial score (nSPS) is 11.7. The quantitative estimate of drug-likeness (QED) is 0.771. The van der Waals surface area contributed by atoms with E-state index in [4.69, 9.17) is 23.2 Å². The van der Waals surface area contributed by atoms with Crippen molar-refractivity contribution in [3.63, 3.8) is 0 Å². The molecule has 0 aliphatic carbocycles. The lowest BCUT2D eigenvalue weighted by molar-refractivity contribution is -0.140. The molecule has 2 aromatic carbocycles. The Balaban J connectivity index is 2.23. The zero-order chi connectivity index (χ0) is 19.1. The Morgan fingerprint density at radius 1 is 1.08 bits per heavy atom. The van der Waals surface area contributed by atoms with E-state index < -0.39 is 6.04 Å². The third kappa shape index (κ3) is 5.48. The Morgan fingerprint density at radius 3 is 2.35 bits per heavy atom. The number of hydrogen-bond donors (Lipinski definition) is 1. The molecule has 0 aliphatic rings. The summed E-state index contributed by atoms with van der Waals surface area (Å²) in [5.74, 6) is -0.347. The van der Waals surface area contributed by atoms with Gasteiger partial charge < -0.3 is 10.2 Å². The molecule has 2 amide bonds. The van der Waals surface area contributed by atoms with Crippen molar-refractivity contribution in [1.29, 1.82) is 0 Å². The van der Waals surface area contributed by atoms with E-state index in [1.165, 1.54) is 0 Å². The van der Waals surface area contributed by atoms with Crippen molar-refractivity contribution in [3.8, 4) is 0 Å². The van der Waals surface area contributed by atoms with Crippen molar-refractivity contribution >= 4 is 35.0 Å². The number of halogens is 2. The van der Waals surface area contributed by atoms with Crippen LogP contribution >= 0.6 is 23.2 Å². The largest absolute Gasteiger partial charge is 0.355 e. The maximum Gasteiger partial charge on any atom is 0.242 e. The molecule has 26 heavy (non-hydrogen) atoms. The molecule has 4 nitrogen and oxygen atoms in total. The molecule has 0 bridgehead atoms. The van der Waals surface area contributed by atoms with Crippen LogP contribution in [0.3, 0.4) is 0 Å². The van der Waals surface area contributed by atoms with Crippen LogP contribution in [-0.4, -0.2) is 29.3 Å². The predicted molar refractivity (Wildman–Crippen MR) is 105 cm³/mol. The summed E-state index contributed by atoms with van der Waals surface area (Å²) in [6.07, 6.45) is 0.136. The predicted octanol–water partition coefficient (Wildman–Crippen LogP) is 4.09. The molecule has 2 rings (SSSR count). The fourth-order valence-electron chi connectivity index (χ4n) is 2.60. The number of rotatable bonds is 7. The highest BCUT2D eigenvalue weighted by Gasteiger charge is 2.26. The molecule has 0 unspecified atom stereocenters. The third-order valence-electron chi connectivity index (χ3n) is 4.08. The van der Waals surface area contributed by atoms with Crippen LogP contribution in [0.5, 0.6) is 0 Å². The van der Waals surface area contributed by atoms with Crippen LogP contribution in [0.2, 0.25) is 10.0 Å². The molecular weight excluding hydrogens is 371 g/mol. The third-order valence-corrected chi connectivity index (χ3v) is 4.70. The van der Waals surface area contributed by atoms with Gasteiger partial charge in [0.15, 0.2) is 0 Å². The second-order valence-electron chi connectivity index (χ2n) is 5.99. The van der Waals surface area contributed by atoms with Crippen LogP contribution in [0.1, 0.15) is 25.0 Å². The second-order valence-corrected chi connectivity index (χ2v) is 6.83. The van der Waals surface area contributed by atoms with Crippen molar-refractivity contribution in [3.05, 3.63) is 69.7 Å². The number of nitrogens with one attached hydrogen (secondary N) is 1. The number of benzene rings is 2. The smallest absolute Gasteiger partial charge is 0.242 e. The average Bonchev–Trinajstić information content (AvgIpc) is 2.62. The van der Waals surface area contributed by atoms with E-state index in [0.717, 1.165) is 11.1 Å². The van der Waals surface area contributed by atoms with Gasteiger partial charge in [-0.1, -0.05) is 53.5 Å². The molecule has 0 aliphatic heterocycles. The Labute approximate surface area is 164 Å². The van der Waals surface area contributed by atoms with Crippen LogP contribution in [-0.2, 0) is 22.6 Å². The first-order chi connectivity index (χ1) is 12.4. The van der Waals surface area contributed by atoms with Gasteiger partial charge in [0.05, 0.1) is 6.42 Å². The first kappa shape index (κ1) is 20.3. The van der Waals surface area contributed by atoms with Crippen LogP contribution in [0.15, 0.2) is 48.5 Å². The van der Waals surface area contributed by atoms with Crippen molar-refractivity contribution < 1.29 is 9.59 Å². The average molecular weight is 393 g/mol. The summed E-state index contributed by atoms with van der Waals surface area (Å²) in [7, 11) is 0. The lowest BCUT2D eigenvalue weighted by Gasteiger charge is -2.29. The molecule has 1 atom stereocenters. The maximum absolute atomic E-state index is 12.9. The number of carbonyl (C=O) groups is 2. The van der Waals surface area contributed by atoms with Gasteiger partial charge in [0.1, 0.15) is 6.04 Å². The van der Waals surface area contributed by atoms with E-state index in [2.05, 4.69) is 5.32 Å². The highest BCUT2D eigenvalue weighted by Crippen LogP contribution is 2.19. The van der Waals surface area contributed by atoms with Gasteiger partial charge in [-0.25, -0.2) is 0 Å². The molecule has 1 N–H and O–H groups in total. The first-order valence-corrected chi connectivity index (χ1v) is 9.23. The van der Waals surface area contributed by atoms with Gasteiger partial charge in [0, 0.05) is 23.1 Å². The monoisotopic (exact) mass is 392 g/mol. The van der Waals surface area contributed by atoms with Crippen LogP contribution < -0.4 is 5.32 Å². The van der Waals surface area contributed by atoms with Crippen molar-refractivity contribution in [2.75, 3.05) is 6.54 Å². The highest BCUT2D eigenvalue weighted by atomic mass is 35.5. The molecular formula is C20H22Cl2N2O2. The highest BCUT2D eigenvalue weighted by molar-refractivity contribution is 6.31. The van der Waals surface area contributed by atoms with Gasteiger partial charge in [-0.15, -0.1) is 0 Å². The number of nitrogens with zero attached hydrogens (tertiary/aromatic N) is 1. The molecule has 0 saturated heterocycles. The molecule has 0 radical (unpaired) electrons. The molecule has 0 heterocycles. The molecule has 6 heteroatoms. The van der Waals surface area contributed by atoms with E-state index >= 15 is 0 Å². The van der Waals surface area contributed by atoms with Crippen molar-refractivity contribution in [2.45, 2.75) is 32.9 Å². The van der Waals surface area contributed by atoms with E-state index in [0.29, 0.717) is 23.1 Å². The lowest BCUT2D eigenvalue weighted by atomic mass is 10.1. The summed E-state index contributed by atoms with van der Waals surface area (Å²) >= 11 is 12.1. The summed E-state index contributed by atoms with van der Waals surface area (Å²) in [4.78, 5) is 26.8. The molecule has 0 saturated carbocycles. The minimum Gasteiger partial charge on any atom is -0.355 e. The Hall–Kier alpha value is -2.04. The molecule has 0 aromatic heterocycles. The summed E-state index contributed by atoms with van der Waals surface area (Å²) in [6.45, 7) is 4.40. The summed E-state index contributed by atoms with van der Waals surface area (Å²) < 4.78 is 0. The molecule has 2 aromatic rings. The van der Waals surface area contributed by atoms with Crippen molar-refractivity contribution in [1.82, 2.24) is 10.2 Å². The summed E-state index contributed by atoms with van der Waals surface area (Å²) in [6, 6.07) is 13.9. The van der Waals surface area contributed by atoms with Gasteiger partial charge >= 0.3 is 0 Å². The fraction of sp³-hybridized carbons (Fsp3) is 0.300. The van der Waals surface area contributed by atoms with E-state index in [9.17, 15) is 9.59 Å². The topological polar surface area (TPSA) is 49.4 Å². The number of likely N-dealkylation sites (N-methyl/N-ethyl adjacent to an activating group) is 1. The Kier molecular flexibility index (Phi) is 7.49. The molecule has 0 spiro atoms. The Morgan fingerprint density at radius 2 is 1.73 bits per heavy atom. The van der Waals surface area contributed by atoms with Crippen LogP contribution in [0.25, 0.3) is 0 Å². The maximum atomic E-state index is 12.9. The van der Waals surface area contributed by atoms with Crippen LogP contribution in [0.4, 0.5) is 0 Å². The number of hydrogen-bond acceptors (Lipinski definition) is 2. The Bertz CT molecular complexity index is 763. The van der Waals surface area contributed by atoms with Gasteiger partial charge in [0.2, 0.25) is 11.8 Å². The van der Waals surface area contributed by atoms with E-state index in [1.807, 2.05) is 37.3 Å². The zero-order valence-corrected chi connectivity index (χ0v) is 16.3. The SMILES string of the molecule is CCNC(=O)[C@@H](C)N(Cc1ccc(Cl)cc1)C(=O)Cc1ccccc1Cl. The first-order valence-electron chi connectivity index (χ1n) is 8.47. The second kappa shape index (κ2) is 9.60. The standard InChI is InChI=1S/C20H22Cl2N2O2/c1-3-23-20(26)14(2)24(13-15-8-10-17(21)11-9-15)19(25)12-16-6-4-5-7-18(16)22/h4-11,14H,3,12-13H2,1-2H3,(H,23,26)/t14-/m1/s1. The summed E-state index contributed by atoms with van der Waals surface area (Å²) in [5, 5.41) is 3.94. The number of amides is 2. The van der Waals surface area contributed by atoms with Gasteiger partial charge in [0.25, 0.3) is 0 Å². The summed E-state index contributed by atoms with van der Waals surface area (Å²) in [5.41, 5.74) is 1.64. The van der Waals surface area contributed by atoms with E-state index in [1.54, 1.807) is 30.0 Å². The minimum absolute atomic E-state index is 0.136. The lowest BCUT2D eigenvalue weighted by Crippen LogP contribution is -2.48. The zero-order valence-electron chi connectivity index (χ0n) is 14.8. The van der Waals surface area contributed by atoms with Crippen molar-refractivity contribution in [2.24, 2.45) is 0 Å².